The van der Waals surface area contributed by atoms with Crippen LogP contribution in [-0.2, 0) is 30.0 Å². The zero-order valence-electron chi connectivity index (χ0n) is 17.0. The Morgan fingerprint density at radius 1 is 1.17 bits per heavy atom. The SMILES string of the molecule is CCc1cc(C)c2[nH]ccc2c1C(OC)(N1Cc2ccc(C#N)cc2C1)C(F)(F)F. The minimum Gasteiger partial charge on any atom is -0.361 e. The Balaban J connectivity index is 1.97. The van der Waals surface area contributed by atoms with E-state index in [1.54, 1.807) is 30.5 Å². The van der Waals surface area contributed by atoms with Crippen molar-refractivity contribution in [2.75, 3.05) is 7.11 Å². The summed E-state index contributed by atoms with van der Waals surface area (Å²) >= 11 is 0. The predicted molar refractivity (Wildman–Crippen MR) is 108 cm³/mol. The van der Waals surface area contributed by atoms with Gasteiger partial charge < -0.3 is 9.72 Å². The first kappa shape index (κ1) is 20.5. The number of H-pyrrole nitrogens is 1. The van der Waals surface area contributed by atoms with Gasteiger partial charge in [-0.25, -0.2) is 0 Å². The lowest BCUT2D eigenvalue weighted by Crippen LogP contribution is -2.56. The van der Waals surface area contributed by atoms with Gasteiger partial charge in [-0.2, -0.15) is 18.4 Å². The number of aromatic amines is 1. The first-order chi connectivity index (χ1) is 14.3. The number of benzene rings is 2. The van der Waals surface area contributed by atoms with E-state index in [4.69, 9.17) is 10.00 Å². The zero-order valence-corrected chi connectivity index (χ0v) is 17.0. The maximum Gasteiger partial charge on any atom is 0.436 e. The van der Waals surface area contributed by atoms with Crippen molar-refractivity contribution < 1.29 is 17.9 Å². The Morgan fingerprint density at radius 3 is 2.53 bits per heavy atom. The van der Waals surface area contributed by atoms with Gasteiger partial charge in [-0.3, -0.25) is 4.90 Å². The molecule has 1 aliphatic heterocycles. The predicted octanol–water partition coefficient (Wildman–Crippen LogP) is 5.29. The average Bonchev–Trinajstić information content (AvgIpc) is 3.35. The normalized spacial score (nSPS) is 16.4. The molecule has 4 nitrogen and oxygen atoms in total. The van der Waals surface area contributed by atoms with Crippen molar-refractivity contribution in [2.24, 2.45) is 0 Å². The molecular formula is C23H22F3N3O. The standard InChI is InChI=1S/C23H22F3N3O/c1-4-16-9-14(2)21-19(7-8-28-21)20(16)22(30-3,23(24,25)26)29-12-17-6-5-15(11-27)10-18(17)13-29/h5-10,28H,4,12-13H2,1-3H3. The van der Waals surface area contributed by atoms with Gasteiger partial charge >= 0.3 is 6.18 Å². The number of aromatic nitrogens is 1. The number of rotatable bonds is 4. The molecule has 2 heterocycles. The summed E-state index contributed by atoms with van der Waals surface area (Å²) in [6.07, 6.45) is -2.58. The molecule has 0 amide bonds. The molecule has 0 radical (unpaired) electrons. The van der Waals surface area contributed by atoms with Gasteiger partial charge in [0.05, 0.1) is 11.6 Å². The van der Waals surface area contributed by atoms with Crippen molar-refractivity contribution in [1.82, 2.24) is 9.88 Å². The van der Waals surface area contributed by atoms with E-state index in [9.17, 15) is 13.2 Å². The monoisotopic (exact) mass is 413 g/mol. The molecule has 7 heteroatoms. The number of halogens is 3. The molecular weight excluding hydrogens is 391 g/mol. The van der Waals surface area contributed by atoms with Crippen LogP contribution in [0.1, 0.15) is 40.3 Å². The summed E-state index contributed by atoms with van der Waals surface area (Å²) in [5, 5.41) is 9.68. The largest absolute Gasteiger partial charge is 0.436 e. The number of aryl methyl sites for hydroxylation is 2. The van der Waals surface area contributed by atoms with Gasteiger partial charge in [0.2, 0.25) is 5.72 Å². The quantitative estimate of drug-likeness (QED) is 0.633. The summed E-state index contributed by atoms with van der Waals surface area (Å²) in [4.78, 5) is 4.40. The van der Waals surface area contributed by atoms with E-state index in [2.05, 4.69) is 11.1 Å². The van der Waals surface area contributed by atoms with E-state index >= 15 is 0 Å². The highest BCUT2D eigenvalue weighted by molar-refractivity contribution is 5.88. The summed E-state index contributed by atoms with van der Waals surface area (Å²) < 4.78 is 50.2. The topological polar surface area (TPSA) is 52.0 Å². The van der Waals surface area contributed by atoms with Gasteiger partial charge in [-0.05, 0) is 53.8 Å². The Bertz CT molecular complexity index is 1160. The van der Waals surface area contributed by atoms with Crippen molar-refractivity contribution in [2.45, 2.75) is 45.3 Å². The van der Waals surface area contributed by atoms with E-state index in [1.807, 2.05) is 19.9 Å². The molecule has 1 atom stereocenters. The molecule has 1 aromatic heterocycles. The van der Waals surface area contributed by atoms with E-state index in [1.165, 1.54) is 4.90 Å². The average molecular weight is 413 g/mol. The minimum absolute atomic E-state index is 0.0428. The van der Waals surface area contributed by atoms with E-state index < -0.39 is 11.9 Å². The number of fused-ring (bicyclic) bond motifs is 2. The maximum atomic E-state index is 14.9. The summed E-state index contributed by atoms with van der Waals surface area (Å²) in [6.45, 7) is 3.86. The molecule has 1 aliphatic rings. The summed E-state index contributed by atoms with van der Waals surface area (Å²) in [5.41, 5.74) is 1.62. The van der Waals surface area contributed by atoms with Crippen LogP contribution in [-0.4, -0.2) is 23.2 Å². The number of ether oxygens (including phenoxy) is 1. The van der Waals surface area contributed by atoms with Gasteiger partial charge in [0.25, 0.3) is 0 Å². The fourth-order valence-corrected chi connectivity index (χ4v) is 4.67. The lowest BCUT2D eigenvalue weighted by atomic mass is 9.88. The van der Waals surface area contributed by atoms with Crippen molar-refractivity contribution in [3.8, 4) is 6.07 Å². The fraction of sp³-hybridized carbons (Fsp3) is 0.348. The van der Waals surface area contributed by atoms with Crippen molar-refractivity contribution >= 4 is 10.9 Å². The summed E-state index contributed by atoms with van der Waals surface area (Å²) in [6, 6.07) is 10.6. The first-order valence-electron chi connectivity index (χ1n) is 9.75. The number of methoxy groups -OCH3 is 1. The third-order valence-corrected chi connectivity index (χ3v) is 6.03. The van der Waals surface area contributed by atoms with Crippen LogP contribution in [0.2, 0.25) is 0 Å². The minimum atomic E-state index is -4.69. The molecule has 1 unspecified atom stereocenters. The van der Waals surface area contributed by atoms with Crippen LogP contribution >= 0.6 is 0 Å². The van der Waals surface area contributed by atoms with Crippen LogP contribution < -0.4 is 0 Å². The van der Waals surface area contributed by atoms with Crippen molar-refractivity contribution in [3.63, 3.8) is 0 Å². The Hall–Kier alpha value is -2.82. The highest BCUT2D eigenvalue weighted by Crippen LogP contribution is 2.51. The third kappa shape index (κ3) is 2.83. The molecule has 2 aromatic carbocycles. The van der Waals surface area contributed by atoms with Gasteiger partial charge in [0.1, 0.15) is 0 Å². The van der Waals surface area contributed by atoms with Crippen molar-refractivity contribution in [1.29, 1.82) is 5.26 Å². The van der Waals surface area contributed by atoms with Crippen molar-refractivity contribution in [3.05, 3.63) is 69.9 Å². The van der Waals surface area contributed by atoms with Gasteiger partial charge in [-0.15, -0.1) is 0 Å². The highest BCUT2D eigenvalue weighted by Gasteiger charge is 2.63. The number of nitrogens with one attached hydrogen (secondary N) is 1. The van der Waals surface area contributed by atoms with E-state index in [0.29, 0.717) is 28.5 Å². The number of nitrogens with zero attached hydrogens (tertiary/aromatic N) is 2. The first-order valence-corrected chi connectivity index (χ1v) is 9.75. The number of hydrogen-bond donors (Lipinski definition) is 1. The molecule has 0 aliphatic carbocycles. The smallest absolute Gasteiger partial charge is 0.361 e. The molecule has 0 bridgehead atoms. The Morgan fingerprint density at radius 2 is 1.90 bits per heavy atom. The molecule has 0 fully saturated rings. The lowest BCUT2D eigenvalue weighted by Gasteiger charge is -2.43. The molecule has 1 N–H and O–H groups in total. The van der Waals surface area contributed by atoms with Crippen LogP contribution in [0.15, 0.2) is 36.5 Å². The van der Waals surface area contributed by atoms with Gasteiger partial charge in [-0.1, -0.05) is 19.1 Å². The fourth-order valence-electron chi connectivity index (χ4n) is 4.67. The second-order valence-electron chi connectivity index (χ2n) is 7.64. The van der Waals surface area contributed by atoms with Crippen LogP contribution in [0.5, 0.6) is 0 Å². The number of nitriles is 1. The molecule has 30 heavy (non-hydrogen) atoms. The molecule has 0 saturated heterocycles. The van der Waals surface area contributed by atoms with Crippen LogP contribution in [0.4, 0.5) is 13.2 Å². The second-order valence-corrected chi connectivity index (χ2v) is 7.64. The Kier molecular flexibility index (Phi) is 4.88. The zero-order chi connectivity index (χ0) is 21.7. The number of alkyl halides is 3. The maximum absolute atomic E-state index is 14.9. The highest BCUT2D eigenvalue weighted by atomic mass is 19.4. The van der Waals surface area contributed by atoms with Crippen LogP contribution in [0.3, 0.4) is 0 Å². The van der Waals surface area contributed by atoms with Gasteiger partial charge in [0, 0.05) is 42.9 Å². The van der Waals surface area contributed by atoms with Crippen LogP contribution in [0, 0.1) is 18.3 Å². The number of hydrogen-bond acceptors (Lipinski definition) is 3. The molecule has 0 saturated carbocycles. The molecule has 3 aromatic rings. The third-order valence-electron chi connectivity index (χ3n) is 6.03. The summed E-state index contributed by atoms with van der Waals surface area (Å²) in [7, 11) is 1.12. The van der Waals surface area contributed by atoms with Crippen LogP contribution in [0.25, 0.3) is 10.9 Å². The summed E-state index contributed by atoms with van der Waals surface area (Å²) in [5.74, 6) is 0. The van der Waals surface area contributed by atoms with Gasteiger partial charge in [0.15, 0.2) is 0 Å². The van der Waals surface area contributed by atoms with E-state index in [0.717, 1.165) is 23.8 Å². The lowest BCUT2D eigenvalue weighted by molar-refractivity contribution is -0.336. The molecule has 4 rings (SSSR count). The molecule has 156 valence electrons. The Labute approximate surface area is 172 Å². The molecule has 0 spiro atoms. The van der Waals surface area contributed by atoms with E-state index in [-0.39, 0.29) is 18.7 Å². The second kappa shape index (κ2) is 7.15.